The van der Waals surface area contributed by atoms with Crippen LogP contribution in [0.15, 0.2) is 0 Å². The summed E-state index contributed by atoms with van der Waals surface area (Å²) in [7, 11) is 0. The Bertz CT molecular complexity index is 857. The molecule has 0 spiro atoms. The fourth-order valence-corrected chi connectivity index (χ4v) is 7.69. The maximum Gasteiger partial charge on any atom is 0.306 e. The zero-order valence-electron chi connectivity index (χ0n) is 38.8. The summed E-state index contributed by atoms with van der Waals surface area (Å²) in [5, 5.41) is 0. The molecule has 0 aromatic carbocycles. The summed E-state index contributed by atoms with van der Waals surface area (Å²) >= 11 is 0. The first-order valence-corrected chi connectivity index (χ1v) is 25.4. The second-order valence-corrected chi connectivity index (χ2v) is 17.9. The molecule has 0 N–H and O–H groups in total. The highest BCUT2D eigenvalue weighted by Crippen LogP contribution is 2.17. The van der Waals surface area contributed by atoms with Crippen molar-refractivity contribution in [1.29, 1.82) is 0 Å². The minimum Gasteiger partial charge on any atom is -0.462 e. The third-order valence-corrected chi connectivity index (χ3v) is 11.5. The van der Waals surface area contributed by atoms with E-state index in [1.807, 2.05) is 0 Å². The average Bonchev–Trinajstić information content (AvgIpc) is 3.19. The minimum atomic E-state index is -0.759. The summed E-state index contributed by atoms with van der Waals surface area (Å²) in [6, 6.07) is 0. The van der Waals surface area contributed by atoms with E-state index in [4.69, 9.17) is 14.2 Å². The van der Waals surface area contributed by atoms with Gasteiger partial charge < -0.3 is 14.2 Å². The Hall–Kier alpha value is -1.59. The van der Waals surface area contributed by atoms with Gasteiger partial charge in [0.05, 0.1) is 0 Å². The lowest BCUT2D eigenvalue weighted by Crippen LogP contribution is -2.30. The maximum atomic E-state index is 12.7. The van der Waals surface area contributed by atoms with E-state index in [9.17, 15) is 14.4 Å². The lowest BCUT2D eigenvalue weighted by Gasteiger charge is -2.18. The smallest absolute Gasteiger partial charge is 0.306 e. The molecular weight excluding hydrogens is 709 g/mol. The first kappa shape index (κ1) is 55.4. The second-order valence-electron chi connectivity index (χ2n) is 17.9. The molecule has 0 aromatic rings. The first-order valence-electron chi connectivity index (χ1n) is 25.4. The number of rotatable bonds is 46. The molecule has 0 aromatic heterocycles. The fourth-order valence-electron chi connectivity index (χ4n) is 7.69. The van der Waals surface area contributed by atoms with Gasteiger partial charge >= 0.3 is 17.9 Å². The van der Waals surface area contributed by atoms with Crippen LogP contribution >= 0.6 is 0 Å². The van der Waals surface area contributed by atoms with Gasteiger partial charge in [-0.15, -0.1) is 0 Å². The topological polar surface area (TPSA) is 78.9 Å². The quantitative estimate of drug-likeness (QED) is 0.0346. The van der Waals surface area contributed by atoms with Crippen LogP contribution in [-0.4, -0.2) is 37.2 Å². The summed E-state index contributed by atoms with van der Waals surface area (Å²) < 4.78 is 16.8. The van der Waals surface area contributed by atoms with Crippen molar-refractivity contribution in [3.05, 3.63) is 0 Å². The maximum absolute atomic E-state index is 12.7. The highest BCUT2D eigenvalue weighted by atomic mass is 16.6. The lowest BCUT2D eigenvalue weighted by atomic mass is 10.0. The molecule has 0 saturated carbocycles. The van der Waals surface area contributed by atoms with Crippen LogP contribution in [0.25, 0.3) is 0 Å². The van der Waals surface area contributed by atoms with E-state index in [0.717, 1.165) is 63.7 Å². The molecule has 57 heavy (non-hydrogen) atoms. The SMILES string of the molecule is CCCCCCCCCCCCCCCCCCCC(=O)OC[C@H](COC(=O)CCCCCCCCCCCCC(C)C)OC(=O)CCCCCCCCCCC. The van der Waals surface area contributed by atoms with Crippen LogP contribution in [0.5, 0.6) is 0 Å². The van der Waals surface area contributed by atoms with Crippen LogP contribution < -0.4 is 0 Å². The van der Waals surface area contributed by atoms with Crippen molar-refractivity contribution in [2.24, 2.45) is 5.92 Å². The Balaban J connectivity index is 4.23. The van der Waals surface area contributed by atoms with E-state index in [0.29, 0.717) is 19.3 Å². The largest absolute Gasteiger partial charge is 0.462 e. The van der Waals surface area contributed by atoms with Gasteiger partial charge in [-0.05, 0) is 25.2 Å². The van der Waals surface area contributed by atoms with Gasteiger partial charge in [0.25, 0.3) is 0 Å². The van der Waals surface area contributed by atoms with Crippen molar-refractivity contribution in [3.8, 4) is 0 Å². The van der Waals surface area contributed by atoms with E-state index in [1.54, 1.807) is 0 Å². The van der Waals surface area contributed by atoms with Crippen molar-refractivity contribution in [2.45, 2.75) is 291 Å². The molecule has 0 saturated heterocycles. The zero-order valence-corrected chi connectivity index (χ0v) is 38.8. The molecule has 0 aliphatic rings. The predicted molar refractivity (Wildman–Crippen MR) is 243 cm³/mol. The highest BCUT2D eigenvalue weighted by molar-refractivity contribution is 5.71. The van der Waals surface area contributed by atoms with E-state index in [-0.39, 0.29) is 31.1 Å². The Morgan fingerprint density at radius 2 is 0.579 bits per heavy atom. The predicted octanol–water partition coefficient (Wildman–Crippen LogP) is 16.3. The number of hydrogen-bond donors (Lipinski definition) is 0. The summed E-state index contributed by atoms with van der Waals surface area (Å²) in [5.41, 5.74) is 0. The molecule has 0 heterocycles. The molecule has 0 rings (SSSR count). The summed E-state index contributed by atoms with van der Waals surface area (Å²) in [4.78, 5) is 37.8. The van der Waals surface area contributed by atoms with Gasteiger partial charge in [-0.2, -0.15) is 0 Å². The number of ether oxygens (including phenoxy) is 3. The van der Waals surface area contributed by atoms with Crippen LogP contribution in [0.1, 0.15) is 285 Å². The molecule has 0 amide bonds. The number of hydrogen-bond acceptors (Lipinski definition) is 6. The second kappa shape index (κ2) is 45.5. The van der Waals surface area contributed by atoms with Crippen molar-refractivity contribution in [2.75, 3.05) is 13.2 Å². The summed E-state index contributed by atoms with van der Waals surface area (Å²) in [5.74, 6) is -0.0309. The molecular formula is C51H98O6. The molecule has 0 fully saturated rings. The molecule has 0 aliphatic carbocycles. The monoisotopic (exact) mass is 807 g/mol. The molecule has 1 atom stereocenters. The van der Waals surface area contributed by atoms with Gasteiger partial charge in [0, 0.05) is 19.3 Å². The van der Waals surface area contributed by atoms with Crippen LogP contribution in [0, 0.1) is 5.92 Å². The molecule has 6 nitrogen and oxygen atoms in total. The van der Waals surface area contributed by atoms with Crippen LogP contribution in [0.2, 0.25) is 0 Å². The van der Waals surface area contributed by atoms with Gasteiger partial charge in [-0.3, -0.25) is 14.4 Å². The molecule has 0 aliphatic heterocycles. The highest BCUT2D eigenvalue weighted by Gasteiger charge is 2.19. The van der Waals surface area contributed by atoms with E-state index >= 15 is 0 Å². The Morgan fingerprint density at radius 3 is 0.860 bits per heavy atom. The van der Waals surface area contributed by atoms with Gasteiger partial charge in [0.1, 0.15) is 13.2 Å². The van der Waals surface area contributed by atoms with Gasteiger partial charge in [-0.1, -0.05) is 246 Å². The number of unbranched alkanes of at least 4 members (excludes halogenated alkanes) is 33. The lowest BCUT2D eigenvalue weighted by molar-refractivity contribution is -0.167. The Morgan fingerprint density at radius 1 is 0.333 bits per heavy atom. The van der Waals surface area contributed by atoms with Crippen molar-refractivity contribution in [3.63, 3.8) is 0 Å². The molecule has 6 heteroatoms. The number of esters is 3. The summed E-state index contributed by atoms with van der Waals surface area (Å²) in [6.45, 7) is 8.99. The van der Waals surface area contributed by atoms with Crippen LogP contribution in [-0.2, 0) is 28.6 Å². The average molecular weight is 807 g/mol. The molecule has 338 valence electrons. The minimum absolute atomic E-state index is 0.0632. The zero-order chi connectivity index (χ0) is 41.7. The standard InChI is InChI=1S/C51H98O6/c1-5-7-9-11-13-15-16-17-18-19-20-21-22-27-30-34-38-42-49(52)55-45-48(57-51(54)44-40-36-32-25-14-12-10-8-6-2)46-56-50(53)43-39-35-31-28-24-23-26-29-33-37-41-47(3)4/h47-48H,5-46H2,1-4H3/t48-/m1/s1. The van der Waals surface area contributed by atoms with E-state index < -0.39 is 6.10 Å². The Labute approximate surface area is 355 Å². The first-order chi connectivity index (χ1) is 27.9. The van der Waals surface area contributed by atoms with E-state index in [1.165, 1.54) is 180 Å². The normalized spacial score (nSPS) is 11.9. The molecule has 0 unspecified atom stereocenters. The van der Waals surface area contributed by atoms with Crippen molar-refractivity contribution in [1.82, 2.24) is 0 Å². The summed E-state index contributed by atoms with van der Waals surface area (Å²) in [6.07, 6.45) is 46.6. The van der Waals surface area contributed by atoms with E-state index in [2.05, 4.69) is 27.7 Å². The number of carbonyl (C=O) groups excluding carboxylic acids is 3. The fraction of sp³-hybridized carbons (Fsp3) is 0.941. The van der Waals surface area contributed by atoms with Crippen LogP contribution in [0.4, 0.5) is 0 Å². The van der Waals surface area contributed by atoms with Crippen LogP contribution in [0.3, 0.4) is 0 Å². The third kappa shape index (κ3) is 45.3. The van der Waals surface area contributed by atoms with Crippen molar-refractivity contribution >= 4 is 17.9 Å². The third-order valence-electron chi connectivity index (χ3n) is 11.5. The van der Waals surface area contributed by atoms with Gasteiger partial charge in [-0.25, -0.2) is 0 Å². The number of carbonyl (C=O) groups is 3. The van der Waals surface area contributed by atoms with Gasteiger partial charge in [0.2, 0.25) is 0 Å². The van der Waals surface area contributed by atoms with Crippen molar-refractivity contribution < 1.29 is 28.6 Å². The molecule has 0 radical (unpaired) electrons. The molecule has 0 bridgehead atoms. The Kier molecular flexibility index (Phi) is 44.2. The van der Waals surface area contributed by atoms with Gasteiger partial charge in [0.15, 0.2) is 6.10 Å².